The van der Waals surface area contributed by atoms with Crippen molar-refractivity contribution in [3.05, 3.63) is 65.8 Å². The number of amides is 1. The number of benzene rings is 1. The van der Waals surface area contributed by atoms with Crippen molar-refractivity contribution in [3.63, 3.8) is 0 Å². The van der Waals surface area contributed by atoms with Crippen LogP contribution in [0.25, 0.3) is 11.5 Å². The number of rotatable bonds is 9. The number of carbonyl (C=O) groups is 1. The second kappa shape index (κ2) is 11.1. The standard InChI is InChI=1S/C26H32N4O3/c1-3-14-32-22-9-7-19(8-10-22)26-30-24(18(2)33-26)15-20-16-27-13-11-23(20)25(31)29-17-21-6-4-5-12-28-21/h4-10,12,20,23,27H,3,11,13-17H2,1-2H3,(H,29,31). The minimum atomic E-state index is -0.0653. The van der Waals surface area contributed by atoms with Crippen LogP contribution in [0.1, 0.15) is 36.9 Å². The Morgan fingerprint density at radius 1 is 1.24 bits per heavy atom. The average molecular weight is 449 g/mol. The van der Waals surface area contributed by atoms with Gasteiger partial charge in [-0.3, -0.25) is 9.78 Å². The molecule has 2 unspecified atom stereocenters. The van der Waals surface area contributed by atoms with Crippen molar-refractivity contribution >= 4 is 5.91 Å². The van der Waals surface area contributed by atoms with Crippen molar-refractivity contribution in [3.8, 4) is 17.2 Å². The molecule has 174 valence electrons. The molecular formula is C26H32N4O3. The summed E-state index contributed by atoms with van der Waals surface area (Å²) >= 11 is 0. The van der Waals surface area contributed by atoms with E-state index in [4.69, 9.17) is 14.1 Å². The molecule has 0 radical (unpaired) electrons. The minimum absolute atomic E-state index is 0.0653. The first-order valence-electron chi connectivity index (χ1n) is 11.7. The highest BCUT2D eigenvalue weighted by atomic mass is 16.5. The van der Waals surface area contributed by atoms with Gasteiger partial charge in [-0.15, -0.1) is 0 Å². The Labute approximate surface area is 195 Å². The number of hydrogen-bond donors (Lipinski definition) is 2. The quantitative estimate of drug-likeness (QED) is 0.516. The molecule has 0 spiro atoms. The molecule has 0 bridgehead atoms. The Morgan fingerprint density at radius 2 is 2.09 bits per heavy atom. The third kappa shape index (κ3) is 5.99. The van der Waals surface area contributed by atoms with Gasteiger partial charge in [0.25, 0.3) is 0 Å². The monoisotopic (exact) mass is 448 g/mol. The van der Waals surface area contributed by atoms with Crippen LogP contribution in [0.15, 0.2) is 53.1 Å². The second-order valence-corrected chi connectivity index (χ2v) is 8.50. The Bertz CT molecular complexity index is 1030. The van der Waals surface area contributed by atoms with Crippen LogP contribution in [0, 0.1) is 18.8 Å². The molecule has 1 amide bonds. The summed E-state index contributed by atoms with van der Waals surface area (Å²) in [6.07, 6.45) is 4.22. The summed E-state index contributed by atoms with van der Waals surface area (Å²) in [7, 11) is 0. The smallest absolute Gasteiger partial charge is 0.226 e. The fourth-order valence-corrected chi connectivity index (χ4v) is 4.20. The maximum absolute atomic E-state index is 13.0. The zero-order valence-electron chi connectivity index (χ0n) is 19.3. The van der Waals surface area contributed by atoms with E-state index in [1.54, 1.807) is 6.20 Å². The first kappa shape index (κ1) is 23.0. The third-order valence-corrected chi connectivity index (χ3v) is 6.04. The number of hydrogen-bond acceptors (Lipinski definition) is 6. The molecule has 33 heavy (non-hydrogen) atoms. The summed E-state index contributed by atoms with van der Waals surface area (Å²) < 4.78 is 11.6. The lowest BCUT2D eigenvalue weighted by Gasteiger charge is -2.31. The van der Waals surface area contributed by atoms with Crippen molar-refractivity contribution in [2.24, 2.45) is 11.8 Å². The fourth-order valence-electron chi connectivity index (χ4n) is 4.20. The average Bonchev–Trinajstić information content (AvgIpc) is 3.22. The number of aromatic nitrogens is 2. The lowest BCUT2D eigenvalue weighted by Crippen LogP contribution is -2.45. The van der Waals surface area contributed by atoms with Gasteiger partial charge in [-0.05, 0) is 81.6 Å². The molecule has 1 aromatic carbocycles. The molecule has 0 aliphatic carbocycles. The summed E-state index contributed by atoms with van der Waals surface area (Å²) in [4.78, 5) is 22.0. The van der Waals surface area contributed by atoms with E-state index in [2.05, 4.69) is 22.5 Å². The molecule has 1 fully saturated rings. The normalized spacial score (nSPS) is 18.1. The zero-order chi connectivity index (χ0) is 23.0. The molecular weight excluding hydrogens is 416 g/mol. The largest absolute Gasteiger partial charge is 0.494 e. The van der Waals surface area contributed by atoms with Gasteiger partial charge >= 0.3 is 0 Å². The van der Waals surface area contributed by atoms with Crippen LogP contribution in [0.2, 0.25) is 0 Å². The number of aryl methyl sites for hydroxylation is 1. The van der Waals surface area contributed by atoms with Crippen molar-refractivity contribution in [1.82, 2.24) is 20.6 Å². The Hall–Kier alpha value is -3.19. The van der Waals surface area contributed by atoms with E-state index in [1.165, 1.54) is 0 Å². The van der Waals surface area contributed by atoms with Crippen molar-refractivity contribution in [2.45, 2.75) is 39.7 Å². The highest BCUT2D eigenvalue weighted by molar-refractivity contribution is 5.79. The molecule has 2 aromatic heterocycles. The van der Waals surface area contributed by atoms with Gasteiger partial charge in [-0.2, -0.15) is 0 Å². The van der Waals surface area contributed by atoms with Crippen molar-refractivity contribution < 1.29 is 13.9 Å². The molecule has 1 aliphatic rings. The first-order valence-corrected chi connectivity index (χ1v) is 11.7. The number of pyridine rings is 1. The number of nitrogens with zero attached hydrogens (tertiary/aromatic N) is 2. The number of nitrogens with one attached hydrogen (secondary N) is 2. The highest BCUT2D eigenvalue weighted by Crippen LogP contribution is 2.28. The van der Waals surface area contributed by atoms with Gasteiger partial charge < -0.3 is 19.8 Å². The summed E-state index contributed by atoms with van der Waals surface area (Å²) in [5.74, 6) is 2.42. The molecule has 0 saturated carbocycles. The summed E-state index contributed by atoms with van der Waals surface area (Å²) in [5.41, 5.74) is 2.69. The number of oxazole rings is 1. The maximum atomic E-state index is 13.0. The van der Waals surface area contributed by atoms with Crippen LogP contribution in [-0.4, -0.2) is 35.6 Å². The molecule has 3 heterocycles. The van der Waals surface area contributed by atoms with Gasteiger partial charge in [0.15, 0.2) is 0 Å². The first-order chi connectivity index (χ1) is 16.1. The molecule has 7 heteroatoms. The lowest BCUT2D eigenvalue weighted by molar-refractivity contribution is -0.127. The maximum Gasteiger partial charge on any atom is 0.226 e. The number of piperidine rings is 1. The predicted molar refractivity (Wildman–Crippen MR) is 127 cm³/mol. The van der Waals surface area contributed by atoms with E-state index in [1.807, 2.05) is 49.4 Å². The third-order valence-electron chi connectivity index (χ3n) is 6.04. The van der Waals surface area contributed by atoms with E-state index in [0.29, 0.717) is 25.5 Å². The Kier molecular flexibility index (Phi) is 7.73. The van der Waals surface area contributed by atoms with Crippen molar-refractivity contribution in [1.29, 1.82) is 0 Å². The van der Waals surface area contributed by atoms with Gasteiger partial charge in [0, 0.05) is 17.7 Å². The van der Waals surface area contributed by atoms with Gasteiger partial charge in [0.2, 0.25) is 11.8 Å². The summed E-state index contributed by atoms with van der Waals surface area (Å²) in [5, 5.41) is 6.49. The van der Waals surface area contributed by atoms with Gasteiger partial charge in [-0.1, -0.05) is 13.0 Å². The summed E-state index contributed by atoms with van der Waals surface area (Å²) in [6, 6.07) is 13.5. The molecule has 4 rings (SSSR count). The van der Waals surface area contributed by atoms with Crippen LogP contribution in [0.5, 0.6) is 5.75 Å². The number of ether oxygens (including phenoxy) is 1. The molecule has 7 nitrogen and oxygen atoms in total. The molecule has 2 atom stereocenters. The second-order valence-electron chi connectivity index (χ2n) is 8.50. The van der Waals surface area contributed by atoms with E-state index >= 15 is 0 Å². The fraction of sp³-hybridized carbons (Fsp3) is 0.423. The van der Waals surface area contributed by atoms with Crippen LogP contribution in [-0.2, 0) is 17.8 Å². The SMILES string of the molecule is CCCOc1ccc(-c2nc(CC3CNCCC3C(=O)NCc3ccccn3)c(C)o2)cc1. The zero-order valence-corrected chi connectivity index (χ0v) is 19.3. The molecule has 1 saturated heterocycles. The van der Waals surface area contributed by atoms with Crippen LogP contribution in [0.3, 0.4) is 0 Å². The topological polar surface area (TPSA) is 89.3 Å². The van der Waals surface area contributed by atoms with Crippen LogP contribution in [0.4, 0.5) is 0 Å². The number of carbonyl (C=O) groups excluding carboxylic acids is 1. The predicted octanol–water partition coefficient (Wildman–Crippen LogP) is 3.92. The van der Waals surface area contributed by atoms with E-state index in [0.717, 1.165) is 54.4 Å². The van der Waals surface area contributed by atoms with Crippen LogP contribution < -0.4 is 15.4 Å². The lowest BCUT2D eigenvalue weighted by atomic mass is 9.82. The van der Waals surface area contributed by atoms with Gasteiger partial charge in [-0.25, -0.2) is 4.98 Å². The van der Waals surface area contributed by atoms with Gasteiger partial charge in [0.05, 0.1) is 24.5 Å². The molecule has 1 aliphatic heterocycles. The van der Waals surface area contributed by atoms with E-state index in [9.17, 15) is 4.79 Å². The molecule has 2 N–H and O–H groups in total. The highest BCUT2D eigenvalue weighted by Gasteiger charge is 2.32. The van der Waals surface area contributed by atoms with Crippen molar-refractivity contribution in [2.75, 3.05) is 19.7 Å². The Morgan fingerprint density at radius 3 is 2.85 bits per heavy atom. The van der Waals surface area contributed by atoms with E-state index in [-0.39, 0.29) is 17.7 Å². The Balaban J connectivity index is 1.41. The molecule has 3 aromatic rings. The minimum Gasteiger partial charge on any atom is -0.494 e. The van der Waals surface area contributed by atoms with E-state index < -0.39 is 0 Å². The summed E-state index contributed by atoms with van der Waals surface area (Å²) in [6.45, 7) is 6.80. The van der Waals surface area contributed by atoms with Gasteiger partial charge in [0.1, 0.15) is 11.5 Å². The van der Waals surface area contributed by atoms with Crippen LogP contribution >= 0.6 is 0 Å².